The second-order valence-corrected chi connectivity index (χ2v) is 4.63. The van der Waals surface area contributed by atoms with Gasteiger partial charge in [0.2, 0.25) is 5.91 Å². The van der Waals surface area contributed by atoms with Gasteiger partial charge in [-0.25, -0.2) is 4.98 Å². The minimum Gasteiger partial charge on any atom is -0.353 e. The van der Waals surface area contributed by atoms with E-state index in [2.05, 4.69) is 15.6 Å². The fourth-order valence-electron chi connectivity index (χ4n) is 1.16. The summed E-state index contributed by atoms with van der Waals surface area (Å²) in [5, 5.41) is 5.92. The van der Waals surface area contributed by atoms with Gasteiger partial charge in [-0.3, -0.25) is 4.79 Å². The predicted octanol–water partition coefficient (Wildman–Crippen LogP) is 1.07. The molecular weight excluding hydrogens is 210 g/mol. The molecule has 0 spiro atoms. The Bertz CT molecular complexity index is 322. The Morgan fingerprint density at radius 1 is 1.60 bits per heavy atom. The molecule has 0 saturated carbocycles. The molecule has 1 heterocycles. The van der Waals surface area contributed by atoms with Crippen molar-refractivity contribution in [2.45, 2.75) is 33.4 Å². The maximum Gasteiger partial charge on any atom is 0.234 e. The summed E-state index contributed by atoms with van der Waals surface area (Å²) in [6.45, 7) is 6.94. The number of rotatable bonds is 5. The number of amides is 1. The number of carbonyl (C=O) groups is 1. The molecule has 1 aromatic rings. The highest BCUT2D eigenvalue weighted by atomic mass is 32.1. The highest BCUT2D eigenvalue weighted by molar-refractivity contribution is 7.09. The fourth-order valence-corrected chi connectivity index (χ4v) is 1.91. The highest BCUT2D eigenvalue weighted by Crippen LogP contribution is 2.10. The number of hydrogen-bond donors (Lipinski definition) is 2. The van der Waals surface area contributed by atoms with Crippen LogP contribution >= 0.6 is 11.3 Å². The largest absolute Gasteiger partial charge is 0.353 e. The van der Waals surface area contributed by atoms with E-state index in [0.29, 0.717) is 13.1 Å². The van der Waals surface area contributed by atoms with Crippen molar-refractivity contribution in [2.24, 2.45) is 0 Å². The van der Waals surface area contributed by atoms with Crippen LogP contribution in [0.5, 0.6) is 0 Å². The molecule has 0 radical (unpaired) electrons. The third kappa shape index (κ3) is 4.40. The zero-order valence-corrected chi connectivity index (χ0v) is 10.1. The first-order chi connectivity index (χ1) is 7.09. The van der Waals surface area contributed by atoms with Crippen molar-refractivity contribution in [3.63, 3.8) is 0 Å². The van der Waals surface area contributed by atoms with E-state index in [1.54, 1.807) is 11.3 Å². The third-order valence-electron chi connectivity index (χ3n) is 1.87. The van der Waals surface area contributed by atoms with E-state index in [1.807, 2.05) is 26.3 Å². The molecule has 0 fully saturated rings. The number of nitrogens with one attached hydrogen (secondary N) is 2. The third-order valence-corrected chi connectivity index (χ3v) is 2.80. The second kappa shape index (κ2) is 5.82. The zero-order valence-electron chi connectivity index (χ0n) is 9.33. The summed E-state index contributed by atoms with van der Waals surface area (Å²) in [7, 11) is 0. The van der Waals surface area contributed by atoms with E-state index in [9.17, 15) is 4.79 Å². The maximum absolute atomic E-state index is 11.3. The van der Waals surface area contributed by atoms with Crippen LogP contribution in [0.15, 0.2) is 5.51 Å². The number of nitrogens with zero attached hydrogens (tertiary/aromatic N) is 1. The first-order valence-electron chi connectivity index (χ1n) is 4.98. The quantitative estimate of drug-likeness (QED) is 0.791. The van der Waals surface area contributed by atoms with E-state index < -0.39 is 0 Å². The van der Waals surface area contributed by atoms with Gasteiger partial charge in [0.1, 0.15) is 0 Å². The Morgan fingerprint density at radius 3 is 2.87 bits per heavy atom. The molecule has 15 heavy (non-hydrogen) atoms. The average molecular weight is 227 g/mol. The van der Waals surface area contributed by atoms with Crippen molar-refractivity contribution in [2.75, 3.05) is 6.54 Å². The van der Waals surface area contributed by atoms with Gasteiger partial charge in [-0.2, -0.15) is 0 Å². The Hall–Kier alpha value is -0.940. The Balaban J connectivity index is 2.22. The van der Waals surface area contributed by atoms with Gasteiger partial charge >= 0.3 is 0 Å². The summed E-state index contributed by atoms with van der Waals surface area (Å²) in [5.41, 5.74) is 2.86. The fraction of sp³-hybridized carbons (Fsp3) is 0.600. The molecule has 0 unspecified atom stereocenters. The van der Waals surface area contributed by atoms with Gasteiger partial charge in [0, 0.05) is 17.5 Å². The first-order valence-corrected chi connectivity index (χ1v) is 5.86. The van der Waals surface area contributed by atoms with E-state index >= 15 is 0 Å². The summed E-state index contributed by atoms with van der Waals surface area (Å²) < 4.78 is 0. The lowest BCUT2D eigenvalue weighted by molar-refractivity contribution is -0.120. The van der Waals surface area contributed by atoms with Crippen molar-refractivity contribution in [3.05, 3.63) is 16.1 Å². The molecule has 0 bridgehead atoms. The van der Waals surface area contributed by atoms with Crippen LogP contribution < -0.4 is 10.6 Å². The standard InChI is InChI=1S/C10H17N3OS/c1-7(2)13-10(14)5-11-4-9-8(3)12-6-15-9/h6-7,11H,4-5H2,1-3H3,(H,13,14). The number of thiazole rings is 1. The minimum absolute atomic E-state index is 0.0344. The summed E-state index contributed by atoms with van der Waals surface area (Å²) in [5.74, 6) is 0.0344. The molecule has 4 nitrogen and oxygen atoms in total. The lowest BCUT2D eigenvalue weighted by Crippen LogP contribution is -2.37. The average Bonchev–Trinajstić information content (AvgIpc) is 2.50. The summed E-state index contributed by atoms with van der Waals surface area (Å²) in [6.07, 6.45) is 0. The Morgan fingerprint density at radius 2 is 2.33 bits per heavy atom. The van der Waals surface area contributed by atoms with Gasteiger partial charge in [-0.05, 0) is 20.8 Å². The molecule has 0 aromatic carbocycles. The van der Waals surface area contributed by atoms with Gasteiger partial charge in [0.25, 0.3) is 0 Å². The van der Waals surface area contributed by atoms with Gasteiger partial charge in [-0.15, -0.1) is 11.3 Å². The predicted molar refractivity (Wildman–Crippen MR) is 61.8 cm³/mol. The van der Waals surface area contributed by atoms with Crippen molar-refractivity contribution in [3.8, 4) is 0 Å². The van der Waals surface area contributed by atoms with Crippen LogP contribution in [0.4, 0.5) is 0 Å². The number of aryl methyl sites for hydroxylation is 1. The number of hydrogen-bond acceptors (Lipinski definition) is 4. The summed E-state index contributed by atoms with van der Waals surface area (Å²) >= 11 is 1.61. The van der Waals surface area contributed by atoms with Gasteiger partial charge in [0.15, 0.2) is 0 Å². The van der Waals surface area contributed by atoms with Crippen LogP contribution in [0.2, 0.25) is 0 Å². The molecule has 0 saturated heterocycles. The monoisotopic (exact) mass is 227 g/mol. The molecule has 0 atom stereocenters. The van der Waals surface area contributed by atoms with E-state index in [-0.39, 0.29) is 11.9 Å². The van der Waals surface area contributed by atoms with Crippen LogP contribution in [-0.4, -0.2) is 23.5 Å². The normalized spacial score (nSPS) is 10.7. The number of carbonyl (C=O) groups excluding carboxylic acids is 1. The summed E-state index contributed by atoms with van der Waals surface area (Å²) in [4.78, 5) is 16.6. The van der Waals surface area contributed by atoms with Crippen molar-refractivity contribution < 1.29 is 4.79 Å². The lowest BCUT2D eigenvalue weighted by Gasteiger charge is -2.08. The molecule has 5 heteroatoms. The molecule has 84 valence electrons. The molecule has 1 aromatic heterocycles. The molecule has 1 amide bonds. The van der Waals surface area contributed by atoms with E-state index in [0.717, 1.165) is 5.69 Å². The molecule has 0 aliphatic rings. The lowest BCUT2D eigenvalue weighted by atomic mass is 10.3. The SMILES string of the molecule is Cc1ncsc1CNCC(=O)NC(C)C. The topological polar surface area (TPSA) is 54.0 Å². The Labute approximate surface area is 94.1 Å². The zero-order chi connectivity index (χ0) is 11.3. The molecule has 1 rings (SSSR count). The van der Waals surface area contributed by atoms with Crippen LogP contribution in [-0.2, 0) is 11.3 Å². The second-order valence-electron chi connectivity index (χ2n) is 3.69. The van der Waals surface area contributed by atoms with Gasteiger partial charge in [-0.1, -0.05) is 0 Å². The summed E-state index contributed by atoms with van der Waals surface area (Å²) in [6, 6.07) is 0.199. The molecule has 0 aliphatic heterocycles. The van der Waals surface area contributed by atoms with Gasteiger partial charge < -0.3 is 10.6 Å². The number of aromatic nitrogens is 1. The maximum atomic E-state index is 11.3. The molecular formula is C10H17N3OS. The van der Waals surface area contributed by atoms with Crippen molar-refractivity contribution in [1.29, 1.82) is 0 Å². The smallest absolute Gasteiger partial charge is 0.234 e. The van der Waals surface area contributed by atoms with Crippen molar-refractivity contribution >= 4 is 17.2 Å². The van der Waals surface area contributed by atoms with E-state index in [4.69, 9.17) is 0 Å². The van der Waals surface area contributed by atoms with Crippen molar-refractivity contribution in [1.82, 2.24) is 15.6 Å². The van der Waals surface area contributed by atoms with Gasteiger partial charge in [0.05, 0.1) is 17.7 Å². The molecule has 2 N–H and O–H groups in total. The Kier molecular flexibility index (Phi) is 4.71. The van der Waals surface area contributed by atoms with E-state index in [1.165, 1.54) is 4.88 Å². The highest BCUT2D eigenvalue weighted by Gasteiger charge is 2.04. The van der Waals surface area contributed by atoms with Crippen LogP contribution in [0, 0.1) is 6.92 Å². The first kappa shape index (κ1) is 12.1. The molecule has 0 aliphatic carbocycles. The van der Waals surface area contributed by atoms with Crippen LogP contribution in [0.25, 0.3) is 0 Å². The van der Waals surface area contributed by atoms with Crippen LogP contribution in [0.3, 0.4) is 0 Å². The minimum atomic E-state index is 0.0344. The van der Waals surface area contributed by atoms with Crippen LogP contribution in [0.1, 0.15) is 24.4 Å².